The second-order valence-corrected chi connectivity index (χ2v) is 6.89. The van der Waals surface area contributed by atoms with Gasteiger partial charge in [-0.25, -0.2) is 9.97 Å². The zero-order valence-electron chi connectivity index (χ0n) is 15.1. The van der Waals surface area contributed by atoms with Gasteiger partial charge in [0.05, 0.1) is 0 Å². The number of rotatable bonds is 4. The smallest absolute Gasteiger partial charge is 0.223 e. The first-order chi connectivity index (χ1) is 11.0. The van der Waals surface area contributed by atoms with Crippen molar-refractivity contribution < 1.29 is 4.79 Å². The molecule has 0 saturated carbocycles. The van der Waals surface area contributed by atoms with Crippen molar-refractivity contribution in [1.29, 1.82) is 0 Å². The summed E-state index contributed by atoms with van der Waals surface area (Å²) in [5, 5.41) is 6.47. The van der Waals surface area contributed by atoms with Crippen molar-refractivity contribution in [3.63, 3.8) is 0 Å². The molecule has 0 radical (unpaired) electrons. The lowest BCUT2D eigenvalue weighted by atomic mass is 9.88. The lowest BCUT2D eigenvalue weighted by molar-refractivity contribution is -0.127. The van der Waals surface area contributed by atoms with Crippen LogP contribution in [0, 0.1) is 25.7 Å². The van der Waals surface area contributed by atoms with E-state index < -0.39 is 0 Å². The van der Waals surface area contributed by atoms with Gasteiger partial charge in [0.15, 0.2) is 0 Å². The standard InChI is InChI=1S/C17H27N5O.2ClH/c1-11-8-16(20-13(3)19-11)22-6-4-15(5-7-22)21-17(23)12(2)14-9-18-10-14;;/h8,12,14-15,18H,4-7,9-10H2,1-3H3,(H,21,23);2*1H. The fourth-order valence-electron chi connectivity index (χ4n) is 3.32. The molecule has 2 aliphatic heterocycles. The molecule has 3 rings (SSSR count). The van der Waals surface area contributed by atoms with Crippen molar-refractivity contribution in [1.82, 2.24) is 20.6 Å². The maximum absolute atomic E-state index is 12.3. The molecular formula is C17H29Cl2N5O. The lowest BCUT2D eigenvalue weighted by Gasteiger charge is -2.36. The van der Waals surface area contributed by atoms with E-state index in [0.717, 1.165) is 56.4 Å². The summed E-state index contributed by atoms with van der Waals surface area (Å²) in [6.45, 7) is 9.78. The van der Waals surface area contributed by atoms with Gasteiger partial charge in [0.25, 0.3) is 0 Å². The van der Waals surface area contributed by atoms with Crippen LogP contribution < -0.4 is 15.5 Å². The Balaban J connectivity index is 0.00000156. The number of aryl methyl sites for hydroxylation is 2. The van der Waals surface area contributed by atoms with Crippen molar-refractivity contribution in [3.05, 3.63) is 17.6 Å². The van der Waals surface area contributed by atoms with Gasteiger partial charge in [0.2, 0.25) is 5.91 Å². The van der Waals surface area contributed by atoms with E-state index >= 15 is 0 Å². The van der Waals surface area contributed by atoms with E-state index in [0.29, 0.717) is 12.0 Å². The van der Waals surface area contributed by atoms with Crippen molar-refractivity contribution in [2.24, 2.45) is 11.8 Å². The van der Waals surface area contributed by atoms with Crippen LogP contribution in [0.1, 0.15) is 31.3 Å². The second-order valence-electron chi connectivity index (χ2n) is 6.89. The Bertz CT molecular complexity index is 554. The first-order valence-corrected chi connectivity index (χ1v) is 8.61. The van der Waals surface area contributed by atoms with Crippen molar-refractivity contribution in [3.8, 4) is 0 Å². The van der Waals surface area contributed by atoms with Gasteiger partial charge in [0.1, 0.15) is 11.6 Å². The number of halogens is 2. The fraction of sp³-hybridized carbons (Fsp3) is 0.706. The number of hydrogen-bond acceptors (Lipinski definition) is 5. The minimum atomic E-state index is 0. The molecule has 1 unspecified atom stereocenters. The van der Waals surface area contributed by atoms with Crippen molar-refractivity contribution in [2.45, 2.75) is 39.7 Å². The first-order valence-electron chi connectivity index (χ1n) is 8.61. The summed E-state index contributed by atoms with van der Waals surface area (Å²) < 4.78 is 0. The summed E-state index contributed by atoms with van der Waals surface area (Å²) >= 11 is 0. The number of nitrogens with zero attached hydrogens (tertiary/aromatic N) is 3. The Morgan fingerprint density at radius 1 is 1.24 bits per heavy atom. The highest BCUT2D eigenvalue weighted by Gasteiger charge is 2.30. The molecule has 2 aliphatic rings. The molecule has 1 atom stereocenters. The van der Waals surface area contributed by atoms with Crippen molar-refractivity contribution >= 4 is 36.5 Å². The minimum absolute atomic E-state index is 0. The number of nitrogens with one attached hydrogen (secondary N) is 2. The number of amides is 1. The van der Waals surface area contributed by atoms with Gasteiger partial charge in [-0.3, -0.25) is 4.79 Å². The predicted octanol–water partition coefficient (Wildman–Crippen LogP) is 1.88. The molecule has 142 valence electrons. The van der Waals surface area contributed by atoms with E-state index in [4.69, 9.17) is 0 Å². The van der Waals surface area contributed by atoms with Gasteiger partial charge in [-0.2, -0.15) is 0 Å². The van der Waals surface area contributed by atoms with E-state index in [-0.39, 0.29) is 36.6 Å². The largest absolute Gasteiger partial charge is 0.356 e. The minimum Gasteiger partial charge on any atom is -0.356 e. The first kappa shape index (κ1) is 21.9. The Morgan fingerprint density at radius 3 is 2.40 bits per heavy atom. The third-order valence-electron chi connectivity index (χ3n) is 5.05. The molecule has 2 fully saturated rings. The van der Waals surface area contributed by atoms with E-state index in [2.05, 4.69) is 25.5 Å². The Kier molecular flexibility index (Phi) is 8.38. The van der Waals surface area contributed by atoms with Crippen molar-refractivity contribution in [2.75, 3.05) is 31.1 Å². The highest BCUT2D eigenvalue weighted by molar-refractivity contribution is 5.85. The van der Waals surface area contributed by atoms with Crippen LogP contribution in [-0.4, -0.2) is 48.1 Å². The summed E-state index contributed by atoms with van der Waals surface area (Å²) in [6, 6.07) is 2.33. The monoisotopic (exact) mass is 389 g/mol. The molecular weight excluding hydrogens is 361 g/mol. The second kappa shape index (κ2) is 9.55. The van der Waals surface area contributed by atoms with Crippen LogP contribution in [0.15, 0.2) is 6.07 Å². The molecule has 2 saturated heterocycles. The summed E-state index contributed by atoms with van der Waals surface area (Å²) in [5.41, 5.74) is 1.01. The van der Waals surface area contributed by atoms with E-state index in [9.17, 15) is 4.79 Å². The number of carbonyl (C=O) groups excluding carboxylic acids is 1. The highest BCUT2D eigenvalue weighted by atomic mass is 35.5. The third-order valence-corrected chi connectivity index (χ3v) is 5.05. The summed E-state index contributed by atoms with van der Waals surface area (Å²) in [7, 11) is 0. The van der Waals surface area contributed by atoms with Crippen LogP contribution in [0.3, 0.4) is 0 Å². The lowest BCUT2D eigenvalue weighted by Crippen LogP contribution is -2.52. The quantitative estimate of drug-likeness (QED) is 0.822. The van der Waals surface area contributed by atoms with E-state index in [1.165, 1.54) is 0 Å². The van der Waals surface area contributed by atoms with Gasteiger partial charge in [-0.1, -0.05) is 6.92 Å². The van der Waals surface area contributed by atoms with Crippen LogP contribution >= 0.6 is 24.8 Å². The fourth-order valence-corrected chi connectivity index (χ4v) is 3.32. The molecule has 0 aliphatic carbocycles. The summed E-state index contributed by atoms with van der Waals surface area (Å²) in [4.78, 5) is 23.5. The van der Waals surface area contributed by atoms with Gasteiger partial charge in [-0.15, -0.1) is 24.8 Å². The van der Waals surface area contributed by atoms with Crippen LogP contribution in [0.5, 0.6) is 0 Å². The Morgan fingerprint density at radius 2 is 1.88 bits per heavy atom. The van der Waals surface area contributed by atoms with Crippen LogP contribution in [0.4, 0.5) is 5.82 Å². The summed E-state index contributed by atoms with van der Waals surface area (Å²) in [5.74, 6) is 2.65. The number of piperidine rings is 1. The molecule has 25 heavy (non-hydrogen) atoms. The van der Waals surface area contributed by atoms with Crippen LogP contribution in [0.2, 0.25) is 0 Å². The number of anilines is 1. The van der Waals surface area contributed by atoms with Crippen LogP contribution in [0.25, 0.3) is 0 Å². The third kappa shape index (κ3) is 5.43. The predicted molar refractivity (Wildman–Crippen MR) is 105 cm³/mol. The molecule has 1 aromatic heterocycles. The van der Waals surface area contributed by atoms with Gasteiger partial charge in [-0.05, 0) is 45.7 Å². The van der Waals surface area contributed by atoms with Gasteiger partial charge in [0, 0.05) is 36.8 Å². The van der Waals surface area contributed by atoms with E-state index in [1.807, 2.05) is 26.8 Å². The maximum Gasteiger partial charge on any atom is 0.223 e. The molecule has 2 N–H and O–H groups in total. The molecule has 0 spiro atoms. The van der Waals surface area contributed by atoms with Gasteiger partial charge < -0.3 is 15.5 Å². The molecule has 3 heterocycles. The number of carbonyl (C=O) groups is 1. The Hall–Kier alpha value is -1.11. The van der Waals surface area contributed by atoms with Crippen LogP contribution in [-0.2, 0) is 4.79 Å². The summed E-state index contributed by atoms with van der Waals surface area (Å²) in [6.07, 6.45) is 1.95. The SMILES string of the molecule is Cc1cc(N2CCC(NC(=O)C(C)C3CNC3)CC2)nc(C)n1.Cl.Cl. The maximum atomic E-state index is 12.3. The molecule has 6 nitrogen and oxygen atoms in total. The molecule has 0 aromatic carbocycles. The van der Waals surface area contributed by atoms with E-state index in [1.54, 1.807) is 0 Å². The Labute approximate surface area is 162 Å². The zero-order chi connectivity index (χ0) is 16.4. The number of hydrogen-bond donors (Lipinski definition) is 2. The molecule has 0 bridgehead atoms. The molecule has 1 amide bonds. The number of aromatic nitrogens is 2. The topological polar surface area (TPSA) is 70.2 Å². The van der Waals surface area contributed by atoms with Gasteiger partial charge >= 0.3 is 0 Å². The molecule has 8 heteroatoms. The zero-order valence-corrected chi connectivity index (χ0v) is 16.8. The molecule has 1 aromatic rings. The average molecular weight is 390 g/mol. The average Bonchev–Trinajstić information content (AvgIpc) is 2.45. The normalized spacial score (nSPS) is 19.2. The highest BCUT2D eigenvalue weighted by Crippen LogP contribution is 2.20.